The van der Waals surface area contributed by atoms with Gasteiger partial charge in [0.25, 0.3) is 0 Å². The molecule has 0 aliphatic heterocycles. The molecule has 3 aromatic rings. The van der Waals surface area contributed by atoms with Crippen molar-refractivity contribution in [1.82, 2.24) is 9.97 Å². The van der Waals surface area contributed by atoms with Crippen molar-refractivity contribution in [3.05, 3.63) is 81.9 Å². The molecule has 0 N–H and O–H groups in total. The van der Waals surface area contributed by atoms with Crippen molar-refractivity contribution >= 4 is 27.4 Å². The van der Waals surface area contributed by atoms with Gasteiger partial charge in [-0.1, -0.05) is 35.9 Å². The van der Waals surface area contributed by atoms with E-state index >= 15 is 0 Å². The maximum absolute atomic E-state index is 13.0. The van der Waals surface area contributed by atoms with Crippen LogP contribution in [0.4, 0.5) is 4.39 Å². The number of hydrogen-bond acceptors (Lipinski definition) is 6. The highest BCUT2D eigenvalue weighted by molar-refractivity contribution is 7.90. The van der Waals surface area contributed by atoms with Gasteiger partial charge >= 0.3 is 5.97 Å². The van der Waals surface area contributed by atoms with Gasteiger partial charge in [0.2, 0.25) is 15.0 Å². The van der Waals surface area contributed by atoms with Gasteiger partial charge in [0, 0.05) is 0 Å². The van der Waals surface area contributed by atoms with Crippen molar-refractivity contribution in [2.24, 2.45) is 0 Å². The van der Waals surface area contributed by atoms with Crippen LogP contribution in [-0.2, 0) is 15.6 Å². The van der Waals surface area contributed by atoms with E-state index in [1.807, 2.05) is 13.0 Å². The van der Waals surface area contributed by atoms with Crippen molar-refractivity contribution < 1.29 is 22.3 Å². The molecule has 0 radical (unpaired) electrons. The third-order valence-electron chi connectivity index (χ3n) is 4.22. The third kappa shape index (κ3) is 4.78. The summed E-state index contributed by atoms with van der Waals surface area (Å²) in [6.45, 7) is 3.66. The lowest BCUT2D eigenvalue weighted by Gasteiger charge is -2.10. The van der Waals surface area contributed by atoms with Crippen molar-refractivity contribution in [2.45, 2.75) is 24.8 Å². The first-order valence-electron chi connectivity index (χ1n) is 8.45. The lowest BCUT2D eigenvalue weighted by atomic mass is 10.1. The Kier molecular flexibility index (Phi) is 5.95. The molecule has 150 valence electrons. The van der Waals surface area contributed by atoms with Crippen molar-refractivity contribution in [3.63, 3.8) is 0 Å². The highest BCUT2D eigenvalue weighted by atomic mass is 35.5. The molecule has 3 rings (SSSR count). The molecule has 0 fully saturated rings. The van der Waals surface area contributed by atoms with Crippen LogP contribution in [0.25, 0.3) is 0 Å². The van der Waals surface area contributed by atoms with E-state index in [0.717, 1.165) is 29.5 Å². The van der Waals surface area contributed by atoms with E-state index in [2.05, 4.69) is 9.97 Å². The fourth-order valence-electron chi connectivity index (χ4n) is 2.49. The van der Waals surface area contributed by atoms with Gasteiger partial charge in [0.05, 0.1) is 17.0 Å². The summed E-state index contributed by atoms with van der Waals surface area (Å²) in [5, 5.41) is -0.708. The molecule has 0 amide bonds. The third-order valence-corrected chi connectivity index (χ3v) is 5.96. The quantitative estimate of drug-likeness (QED) is 0.341. The first-order chi connectivity index (χ1) is 13.7. The van der Waals surface area contributed by atoms with Crippen LogP contribution in [0.2, 0.25) is 5.02 Å². The molecule has 0 aliphatic carbocycles. The van der Waals surface area contributed by atoms with Crippen molar-refractivity contribution in [1.29, 1.82) is 0 Å². The van der Waals surface area contributed by atoms with Crippen LogP contribution < -0.4 is 4.74 Å². The molecule has 0 spiro atoms. The number of carbonyl (C=O) groups is 1. The van der Waals surface area contributed by atoms with Gasteiger partial charge in [-0.25, -0.2) is 27.6 Å². The largest absolute Gasteiger partial charge is 0.421 e. The molecular formula is C20H16ClFN2O4S. The first kappa shape index (κ1) is 20.9. The standard InChI is InChI=1S/C20H16ClFN2O4S/c1-12-4-3-5-17(13(12)2)28-19(25)18-16(21)10-23-20(24-18)29(26,27)11-14-6-8-15(22)9-7-14/h3-10H,11H2,1-2H3. The average Bonchev–Trinajstić information content (AvgIpc) is 2.67. The van der Waals surface area contributed by atoms with Gasteiger partial charge in [0.1, 0.15) is 11.6 Å². The number of esters is 1. The predicted molar refractivity (Wildman–Crippen MR) is 105 cm³/mol. The number of aromatic nitrogens is 2. The second kappa shape index (κ2) is 8.26. The fourth-order valence-corrected chi connectivity index (χ4v) is 3.86. The molecule has 2 aromatic carbocycles. The highest BCUT2D eigenvalue weighted by Crippen LogP contribution is 2.24. The molecule has 9 heteroatoms. The molecule has 0 aliphatic rings. The van der Waals surface area contributed by atoms with Crippen LogP contribution in [0.5, 0.6) is 5.75 Å². The molecule has 1 aromatic heterocycles. The Morgan fingerprint density at radius 2 is 1.83 bits per heavy atom. The Bertz CT molecular complexity index is 1180. The lowest BCUT2D eigenvalue weighted by Crippen LogP contribution is -2.17. The topological polar surface area (TPSA) is 86.2 Å². The molecule has 0 bridgehead atoms. The minimum atomic E-state index is -4.00. The van der Waals surface area contributed by atoms with Crippen LogP contribution in [0, 0.1) is 19.7 Å². The smallest absolute Gasteiger partial charge is 0.364 e. The molecule has 6 nitrogen and oxygen atoms in total. The maximum atomic E-state index is 13.0. The second-order valence-corrected chi connectivity index (χ2v) is 8.61. The van der Waals surface area contributed by atoms with Gasteiger partial charge in [0.15, 0.2) is 5.69 Å². The molecule has 0 saturated carbocycles. The molecule has 29 heavy (non-hydrogen) atoms. The first-order valence-corrected chi connectivity index (χ1v) is 10.5. The van der Waals surface area contributed by atoms with Crippen molar-refractivity contribution in [3.8, 4) is 5.75 Å². The second-order valence-electron chi connectivity index (χ2n) is 6.32. The monoisotopic (exact) mass is 434 g/mol. The lowest BCUT2D eigenvalue weighted by molar-refractivity contribution is 0.0726. The van der Waals surface area contributed by atoms with Crippen LogP contribution >= 0.6 is 11.6 Å². The highest BCUT2D eigenvalue weighted by Gasteiger charge is 2.24. The Morgan fingerprint density at radius 3 is 2.52 bits per heavy atom. The zero-order chi connectivity index (χ0) is 21.2. The van der Waals surface area contributed by atoms with Crippen molar-refractivity contribution in [2.75, 3.05) is 0 Å². The predicted octanol–water partition coefficient (Wildman–Crippen LogP) is 4.08. The summed E-state index contributed by atoms with van der Waals surface area (Å²) in [6.07, 6.45) is 1.03. The summed E-state index contributed by atoms with van der Waals surface area (Å²) < 4.78 is 43.6. The van der Waals surface area contributed by atoms with E-state index in [1.165, 1.54) is 12.1 Å². The van der Waals surface area contributed by atoms with Gasteiger partial charge in [-0.15, -0.1) is 0 Å². The maximum Gasteiger partial charge on any atom is 0.364 e. The van der Waals surface area contributed by atoms with Gasteiger partial charge < -0.3 is 4.74 Å². The number of rotatable bonds is 5. The summed E-state index contributed by atoms with van der Waals surface area (Å²) in [5.74, 6) is -1.52. The minimum Gasteiger partial charge on any atom is -0.421 e. The van der Waals surface area contributed by atoms with Gasteiger partial charge in [-0.3, -0.25) is 0 Å². The Morgan fingerprint density at radius 1 is 1.14 bits per heavy atom. The number of sulfone groups is 1. The van der Waals surface area contributed by atoms with Crippen LogP contribution in [0.3, 0.4) is 0 Å². The molecular weight excluding hydrogens is 419 g/mol. The van der Waals surface area contributed by atoms with E-state index < -0.39 is 32.5 Å². The van der Waals surface area contributed by atoms with Crippen LogP contribution in [0.1, 0.15) is 27.2 Å². The van der Waals surface area contributed by atoms with E-state index in [1.54, 1.807) is 19.1 Å². The Hall–Kier alpha value is -2.84. The van der Waals surface area contributed by atoms with Crippen LogP contribution in [-0.4, -0.2) is 24.4 Å². The Balaban J connectivity index is 1.89. The normalized spacial score (nSPS) is 11.3. The number of ether oxygens (including phenoxy) is 1. The summed E-state index contributed by atoms with van der Waals surface area (Å²) in [7, 11) is -4.00. The molecule has 0 saturated heterocycles. The van der Waals surface area contributed by atoms with Crippen LogP contribution in [0.15, 0.2) is 53.8 Å². The summed E-state index contributed by atoms with van der Waals surface area (Å²) in [4.78, 5) is 20.1. The summed E-state index contributed by atoms with van der Waals surface area (Å²) in [5.41, 5.74) is 1.67. The summed E-state index contributed by atoms with van der Waals surface area (Å²) >= 11 is 5.99. The fraction of sp³-hybridized carbons (Fsp3) is 0.150. The molecule has 0 unspecified atom stereocenters. The van der Waals surface area contributed by atoms with Gasteiger partial charge in [-0.2, -0.15) is 0 Å². The zero-order valence-electron chi connectivity index (χ0n) is 15.5. The van der Waals surface area contributed by atoms with Gasteiger partial charge in [-0.05, 0) is 48.7 Å². The average molecular weight is 435 g/mol. The zero-order valence-corrected chi connectivity index (χ0v) is 17.1. The number of carbonyl (C=O) groups excluding carboxylic acids is 1. The molecule has 1 heterocycles. The van der Waals surface area contributed by atoms with E-state index in [4.69, 9.17) is 16.3 Å². The minimum absolute atomic E-state index is 0.138. The molecule has 0 atom stereocenters. The SMILES string of the molecule is Cc1cccc(OC(=O)c2nc(S(=O)(=O)Cc3ccc(F)cc3)ncc2Cl)c1C. The Labute approximate surface area is 172 Å². The number of benzene rings is 2. The number of nitrogens with zero attached hydrogens (tertiary/aromatic N) is 2. The van der Waals surface area contributed by atoms with E-state index in [0.29, 0.717) is 11.3 Å². The number of aryl methyl sites for hydroxylation is 1. The number of halogens is 2. The van der Waals surface area contributed by atoms with E-state index in [9.17, 15) is 17.6 Å². The van der Waals surface area contributed by atoms with E-state index in [-0.39, 0.29) is 10.7 Å². The number of hydrogen-bond donors (Lipinski definition) is 0. The summed E-state index contributed by atoms with van der Waals surface area (Å²) in [6, 6.07) is 10.2.